The average molecular weight is 378 g/mol. The van der Waals surface area contributed by atoms with E-state index in [1.54, 1.807) is 11.0 Å². The second kappa shape index (κ2) is 8.73. The van der Waals surface area contributed by atoms with Gasteiger partial charge in [0.05, 0.1) is 12.3 Å². The van der Waals surface area contributed by atoms with E-state index in [2.05, 4.69) is 11.6 Å². The molecule has 0 N–H and O–H groups in total. The highest BCUT2D eigenvalue weighted by Crippen LogP contribution is 2.30. The van der Waals surface area contributed by atoms with E-state index in [0.29, 0.717) is 23.2 Å². The van der Waals surface area contributed by atoms with Gasteiger partial charge in [0.15, 0.2) is 5.17 Å². The molecule has 2 aromatic carbocycles. The Balaban J connectivity index is 1.94. The third-order valence-corrected chi connectivity index (χ3v) is 4.85. The van der Waals surface area contributed by atoms with Gasteiger partial charge in [0.1, 0.15) is 11.4 Å². The van der Waals surface area contributed by atoms with E-state index in [0.717, 1.165) is 22.6 Å². The summed E-state index contributed by atoms with van der Waals surface area (Å²) in [4.78, 5) is 19.3. The van der Waals surface area contributed by atoms with E-state index in [1.807, 2.05) is 68.5 Å². The molecule has 1 aliphatic heterocycles. The van der Waals surface area contributed by atoms with Gasteiger partial charge in [-0.3, -0.25) is 9.69 Å². The quantitative estimate of drug-likeness (QED) is 0.521. The molecule has 4 nitrogen and oxygen atoms in total. The maximum atomic E-state index is 13.1. The van der Waals surface area contributed by atoms with Crippen LogP contribution < -0.4 is 9.64 Å². The summed E-state index contributed by atoms with van der Waals surface area (Å²) in [5.41, 5.74) is 3.31. The highest BCUT2D eigenvalue weighted by molar-refractivity contribution is 8.14. The zero-order valence-corrected chi connectivity index (χ0v) is 16.3. The zero-order valence-electron chi connectivity index (χ0n) is 15.5. The molecule has 1 aliphatic rings. The number of carbonyl (C=O) groups excluding carboxylic acids is 1. The fourth-order valence-corrected chi connectivity index (χ4v) is 3.48. The fraction of sp³-hybridized carbons (Fsp3) is 0.182. The molecule has 0 spiro atoms. The molecule has 1 heterocycles. The van der Waals surface area contributed by atoms with Crippen molar-refractivity contribution in [1.29, 1.82) is 0 Å². The lowest BCUT2D eigenvalue weighted by molar-refractivity contribution is -0.113. The second-order valence-electron chi connectivity index (χ2n) is 6.01. The largest absolute Gasteiger partial charge is 0.494 e. The lowest BCUT2D eigenvalue weighted by atomic mass is 10.1. The summed E-state index contributed by atoms with van der Waals surface area (Å²) in [5, 5.41) is 0.656. The van der Waals surface area contributed by atoms with E-state index in [1.165, 1.54) is 11.8 Å². The summed E-state index contributed by atoms with van der Waals surface area (Å²) in [6.45, 7) is 8.33. The van der Waals surface area contributed by atoms with Gasteiger partial charge in [-0.05, 0) is 49.8 Å². The molecule has 5 heteroatoms. The van der Waals surface area contributed by atoms with Crippen LogP contribution in [-0.4, -0.2) is 23.4 Å². The van der Waals surface area contributed by atoms with Gasteiger partial charge in [0, 0.05) is 5.75 Å². The van der Waals surface area contributed by atoms with Crippen LogP contribution in [-0.2, 0) is 4.79 Å². The van der Waals surface area contributed by atoms with E-state index in [9.17, 15) is 4.79 Å². The smallest absolute Gasteiger partial charge is 0.283 e. The molecule has 0 saturated heterocycles. The Morgan fingerprint density at radius 3 is 2.67 bits per heavy atom. The molecule has 0 unspecified atom stereocenters. The van der Waals surface area contributed by atoms with E-state index < -0.39 is 0 Å². The van der Waals surface area contributed by atoms with E-state index in [4.69, 9.17) is 4.74 Å². The molecule has 1 amide bonds. The normalized spacial score (nSPS) is 15.2. The molecule has 0 aromatic heterocycles. The van der Waals surface area contributed by atoms with Crippen molar-refractivity contribution in [2.75, 3.05) is 17.3 Å². The summed E-state index contributed by atoms with van der Waals surface area (Å²) in [6, 6.07) is 15.5. The van der Waals surface area contributed by atoms with Crippen LogP contribution >= 0.6 is 11.8 Å². The Morgan fingerprint density at radius 1 is 1.22 bits per heavy atom. The SMILES string of the molecule is C=CCSC1=N/C(=C\c2cccc(C)c2)C(=O)N1c1ccc(OCC)cc1. The highest BCUT2D eigenvalue weighted by atomic mass is 32.2. The number of hydrogen-bond acceptors (Lipinski definition) is 4. The third-order valence-electron chi connectivity index (χ3n) is 3.91. The molecular weight excluding hydrogens is 356 g/mol. The number of amides is 1. The van der Waals surface area contributed by atoms with Crippen molar-refractivity contribution in [1.82, 2.24) is 0 Å². The van der Waals surface area contributed by atoms with Gasteiger partial charge < -0.3 is 4.74 Å². The molecule has 3 rings (SSSR count). The zero-order chi connectivity index (χ0) is 19.2. The molecule has 0 saturated carbocycles. The summed E-state index contributed by atoms with van der Waals surface area (Å²) < 4.78 is 5.49. The number of thioether (sulfide) groups is 1. The number of ether oxygens (including phenoxy) is 1. The van der Waals surface area contributed by atoms with Gasteiger partial charge in [0.2, 0.25) is 0 Å². The summed E-state index contributed by atoms with van der Waals surface area (Å²) in [7, 11) is 0. The third kappa shape index (κ3) is 4.49. The van der Waals surface area contributed by atoms with E-state index in [-0.39, 0.29) is 5.91 Å². The number of carbonyl (C=O) groups is 1. The first-order chi connectivity index (χ1) is 13.1. The molecular formula is C22H22N2O2S. The average Bonchev–Trinajstić information content (AvgIpc) is 2.96. The van der Waals surface area contributed by atoms with Crippen LogP contribution in [0.2, 0.25) is 0 Å². The molecule has 0 fully saturated rings. The lowest BCUT2D eigenvalue weighted by Gasteiger charge is -2.17. The number of aryl methyl sites for hydroxylation is 1. The van der Waals surface area contributed by atoms with Crippen LogP contribution in [0.5, 0.6) is 5.75 Å². The van der Waals surface area contributed by atoms with Crippen LogP contribution in [0.25, 0.3) is 6.08 Å². The number of anilines is 1. The number of hydrogen-bond donors (Lipinski definition) is 0. The topological polar surface area (TPSA) is 41.9 Å². The highest BCUT2D eigenvalue weighted by Gasteiger charge is 2.31. The molecule has 0 radical (unpaired) electrons. The van der Waals surface area contributed by atoms with Gasteiger partial charge in [-0.25, -0.2) is 4.99 Å². The maximum Gasteiger partial charge on any atom is 0.283 e. The van der Waals surface area contributed by atoms with Crippen LogP contribution in [0.15, 0.2) is 71.9 Å². The van der Waals surface area contributed by atoms with Crippen molar-refractivity contribution in [3.05, 3.63) is 78.0 Å². The molecule has 0 atom stereocenters. The van der Waals surface area contributed by atoms with Crippen LogP contribution in [0.4, 0.5) is 5.69 Å². The van der Waals surface area contributed by atoms with Crippen molar-refractivity contribution in [3.63, 3.8) is 0 Å². The number of rotatable bonds is 6. The summed E-state index contributed by atoms with van der Waals surface area (Å²) in [6.07, 6.45) is 3.63. The number of benzene rings is 2. The Morgan fingerprint density at radius 2 is 2.00 bits per heavy atom. The fourth-order valence-electron chi connectivity index (χ4n) is 2.73. The number of aliphatic imine (C=N–C) groups is 1. The second-order valence-corrected chi connectivity index (χ2v) is 6.99. The summed E-state index contributed by atoms with van der Waals surface area (Å²) >= 11 is 1.49. The van der Waals surface area contributed by atoms with Gasteiger partial charge in [-0.2, -0.15) is 0 Å². The first-order valence-electron chi connectivity index (χ1n) is 8.80. The first kappa shape index (κ1) is 19.0. The predicted octanol–water partition coefficient (Wildman–Crippen LogP) is 5.06. The summed E-state index contributed by atoms with van der Waals surface area (Å²) in [5.74, 6) is 1.32. The standard InChI is InChI=1S/C22H22N2O2S/c1-4-13-27-22-23-20(15-17-8-6-7-16(3)14-17)21(25)24(22)18-9-11-19(12-10-18)26-5-2/h4,6-12,14-15H,1,5,13H2,2-3H3/b20-15-. The van der Waals surface area contributed by atoms with Crippen molar-refractivity contribution >= 4 is 34.6 Å². The van der Waals surface area contributed by atoms with Gasteiger partial charge in [-0.15, -0.1) is 6.58 Å². The molecule has 27 heavy (non-hydrogen) atoms. The van der Waals surface area contributed by atoms with Crippen LogP contribution in [0, 0.1) is 6.92 Å². The van der Waals surface area contributed by atoms with Crippen molar-refractivity contribution < 1.29 is 9.53 Å². The minimum absolute atomic E-state index is 0.132. The van der Waals surface area contributed by atoms with Gasteiger partial charge in [-0.1, -0.05) is 47.7 Å². The van der Waals surface area contributed by atoms with Crippen molar-refractivity contribution in [2.24, 2.45) is 4.99 Å². The Labute approximate surface area is 164 Å². The van der Waals surface area contributed by atoms with Crippen LogP contribution in [0.3, 0.4) is 0 Å². The van der Waals surface area contributed by atoms with Crippen molar-refractivity contribution in [3.8, 4) is 5.75 Å². The maximum absolute atomic E-state index is 13.1. The Bertz CT molecular complexity index is 901. The monoisotopic (exact) mass is 378 g/mol. The molecule has 0 bridgehead atoms. The lowest BCUT2D eigenvalue weighted by Crippen LogP contribution is -2.30. The minimum atomic E-state index is -0.132. The Kier molecular flexibility index (Phi) is 6.14. The molecule has 138 valence electrons. The minimum Gasteiger partial charge on any atom is -0.494 e. The van der Waals surface area contributed by atoms with E-state index >= 15 is 0 Å². The first-order valence-corrected chi connectivity index (χ1v) is 9.79. The van der Waals surface area contributed by atoms with Gasteiger partial charge in [0.25, 0.3) is 5.91 Å². The van der Waals surface area contributed by atoms with Crippen LogP contribution in [0.1, 0.15) is 18.1 Å². The van der Waals surface area contributed by atoms with Gasteiger partial charge >= 0.3 is 0 Å². The molecule has 2 aromatic rings. The molecule has 0 aliphatic carbocycles. The Hall–Kier alpha value is -2.79. The van der Waals surface area contributed by atoms with Crippen molar-refractivity contribution in [2.45, 2.75) is 13.8 Å². The number of nitrogens with zero attached hydrogens (tertiary/aromatic N) is 2. The predicted molar refractivity (Wildman–Crippen MR) is 114 cm³/mol. The number of amidine groups is 1.